The number of rotatable bonds is 3. The van der Waals surface area contributed by atoms with Gasteiger partial charge < -0.3 is 14.8 Å². The van der Waals surface area contributed by atoms with E-state index in [1.807, 2.05) is 0 Å². The van der Waals surface area contributed by atoms with Gasteiger partial charge in [0, 0.05) is 6.04 Å². The Balaban J connectivity index is 3.66. The monoisotopic (exact) mass is 175 g/mol. The van der Waals surface area contributed by atoms with Gasteiger partial charge in [0.1, 0.15) is 0 Å². The number of amides is 1. The van der Waals surface area contributed by atoms with Crippen molar-refractivity contribution in [1.82, 2.24) is 5.32 Å². The Morgan fingerprint density at radius 3 is 2.33 bits per heavy atom. The third-order valence-electron chi connectivity index (χ3n) is 1.25. The van der Waals surface area contributed by atoms with Crippen molar-refractivity contribution >= 4 is 12.1 Å². The summed E-state index contributed by atoms with van der Waals surface area (Å²) in [5.41, 5.74) is 0. The highest BCUT2D eigenvalue weighted by molar-refractivity contribution is 5.72. The molecule has 5 heteroatoms. The van der Waals surface area contributed by atoms with Gasteiger partial charge in [-0.1, -0.05) is 0 Å². The average Bonchev–Trinajstić information content (AvgIpc) is 2.03. The van der Waals surface area contributed by atoms with E-state index in [1.54, 1.807) is 6.92 Å². The van der Waals surface area contributed by atoms with Crippen molar-refractivity contribution in [3.8, 4) is 0 Å². The van der Waals surface area contributed by atoms with Crippen molar-refractivity contribution in [2.24, 2.45) is 0 Å². The van der Waals surface area contributed by atoms with Crippen molar-refractivity contribution in [2.45, 2.75) is 19.4 Å². The van der Waals surface area contributed by atoms with Crippen LogP contribution in [0.3, 0.4) is 0 Å². The Bertz CT molecular complexity index is 151. The molecule has 0 aromatic heterocycles. The molecule has 0 saturated carbocycles. The van der Waals surface area contributed by atoms with Crippen LogP contribution in [0.1, 0.15) is 13.3 Å². The highest BCUT2D eigenvalue weighted by atomic mass is 16.5. The number of methoxy groups -OCH3 is 2. The maximum atomic E-state index is 10.7. The minimum atomic E-state index is -0.550. The Hall–Kier alpha value is -1.26. The van der Waals surface area contributed by atoms with Crippen LogP contribution in [0.2, 0.25) is 0 Å². The minimum Gasteiger partial charge on any atom is -0.469 e. The molecule has 0 heterocycles. The number of nitrogens with one attached hydrogen (secondary N) is 1. The fraction of sp³-hybridized carbons (Fsp3) is 0.714. The second-order valence-corrected chi connectivity index (χ2v) is 2.32. The molecule has 70 valence electrons. The van der Waals surface area contributed by atoms with E-state index in [2.05, 4.69) is 14.8 Å². The third kappa shape index (κ3) is 4.54. The van der Waals surface area contributed by atoms with E-state index in [-0.39, 0.29) is 18.4 Å². The standard InChI is InChI=1S/C7H13NO4/c1-5(4-6(9)11-2)8-7(10)12-3/h5H,4H2,1-3H3,(H,8,10)/t5-/m0/s1. The van der Waals surface area contributed by atoms with E-state index in [1.165, 1.54) is 14.2 Å². The second kappa shape index (κ2) is 5.40. The van der Waals surface area contributed by atoms with Gasteiger partial charge in [-0.2, -0.15) is 0 Å². The molecule has 0 aliphatic rings. The summed E-state index contributed by atoms with van der Waals surface area (Å²) in [6.07, 6.45) is -0.405. The first-order valence-corrected chi connectivity index (χ1v) is 3.51. The van der Waals surface area contributed by atoms with Gasteiger partial charge in [0.15, 0.2) is 0 Å². The van der Waals surface area contributed by atoms with Crippen molar-refractivity contribution in [2.75, 3.05) is 14.2 Å². The van der Waals surface area contributed by atoms with Crippen molar-refractivity contribution < 1.29 is 19.1 Å². The quantitative estimate of drug-likeness (QED) is 0.626. The van der Waals surface area contributed by atoms with E-state index in [4.69, 9.17) is 0 Å². The molecule has 0 unspecified atom stereocenters. The van der Waals surface area contributed by atoms with Gasteiger partial charge in [-0.15, -0.1) is 0 Å². The lowest BCUT2D eigenvalue weighted by molar-refractivity contribution is -0.141. The highest BCUT2D eigenvalue weighted by Crippen LogP contribution is 1.92. The van der Waals surface area contributed by atoms with Gasteiger partial charge in [0.2, 0.25) is 0 Å². The lowest BCUT2D eigenvalue weighted by atomic mass is 10.2. The molecule has 12 heavy (non-hydrogen) atoms. The molecule has 0 aromatic carbocycles. The third-order valence-corrected chi connectivity index (χ3v) is 1.25. The van der Waals surface area contributed by atoms with Crippen LogP contribution in [-0.2, 0) is 14.3 Å². The van der Waals surface area contributed by atoms with Crippen LogP contribution in [0.5, 0.6) is 0 Å². The Kier molecular flexibility index (Phi) is 4.83. The van der Waals surface area contributed by atoms with E-state index < -0.39 is 6.09 Å². The highest BCUT2D eigenvalue weighted by Gasteiger charge is 2.11. The predicted molar refractivity (Wildman–Crippen MR) is 41.6 cm³/mol. The molecular weight excluding hydrogens is 162 g/mol. The van der Waals surface area contributed by atoms with Gasteiger partial charge >= 0.3 is 12.1 Å². The number of ether oxygens (including phenoxy) is 2. The first-order chi connectivity index (χ1) is 5.60. The van der Waals surface area contributed by atoms with Crippen molar-refractivity contribution in [1.29, 1.82) is 0 Å². The summed E-state index contributed by atoms with van der Waals surface area (Å²) in [5, 5.41) is 2.43. The molecular formula is C7H13NO4. The van der Waals surface area contributed by atoms with E-state index in [0.29, 0.717) is 0 Å². The molecule has 0 fully saturated rings. The predicted octanol–water partition coefficient (Wildman–Crippen LogP) is 0.294. The molecule has 0 rings (SSSR count). The zero-order valence-electron chi connectivity index (χ0n) is 7.42. The molecule has 0 spiro atoms. The van der Waals surface area contributed by atoms with Crippen molar-refractivity contribution in [3.05, 3.63) is 0 Å². The van der Waals surface area contributed by atoms with E-state index >= 15 is 0 Å². The van der Waals surface area contributed by atoms with Crippen LogP contribution in [0, 0.1) is 0 Å². The summed E-state index contributed by atoms with van der Waals surface area (Å²) < 4.78 is 8.74. The van der Waals surface area contributed by atoms with Gasteiger partial charge in [-0.3, -0.25) is 4.79 Å². The zero-order chi connectivity index (χ0) is 9.56. The second-order valence-electron chi connectivity index (χ2n) is 2.32. The number of hydrogen-bond acceptors (Lipinski definition) is 4. The zero-order valence-corrected chi connectivity index (χ0v) is 7.42. The number of hydrogen-bond donors (Lipinski definition) is 1. The Labute approximate surface area is 71.0 Å². The van der Waals surface area contributed by atoms with Crippen LogP contribution in [0.15, 0.2) is 0 Å². The molecule has 0 radical (unpaired) electrons. The lowest BCUT2D eigenvalue weighted by Gasteiger charge is -2.10. The summed E-state index contributed by atoms with van der Waals surface area (Å²) in [6, 6.07) is -0.273. The van der Waals surface area contributed by atoms with Crippen LogP contribution < -0.4 is 5.32 Å². The molecule has 0 aliphatic carbocycles. The molecule has 1 atom stereocenters. The van der Waals surface area contributed by atoms with Gasteiger partial charge in [0.25, 0.3) is 0 Å². The Morgan fingerprint density at radius 1 is 1.33 bits per heavy atom. The molecule has 1 amide bonds. The molecule has 0 saturated heterocycles. The van der Waals surface area contributed by atoms with Gasteiger partial charge in [-0.05, 0) is 6.92 Å². The molecule has 5 nitrogen and oxygen atoms in total. The number of esters is 1. The summed E-state index contributed by atoms with van der Waals surface area (Å²) in [6.45, 7) is 1.69. The molecule has 0 bridgehead atoms. The van der Waals surface area contributed by atoms with E-state index in [9.17, 15) is 9.59 Å². The summed E-state index contributed by atoms with van der Waals surface area (Å²) in [7, 11) is 2.56. The minimum absolute atomic E-state index is 0.144. The fourth-order valence-electron chi connectivity index (χ4n) is 0.644. The van der Waals surface area contributed by atoms with Gasteiger partial charge in [-0.25, -0.2) is 4.79 Å². The van der Waals surface area contributed by atoms with Crippen LogP contribution in [0.4, 0.5) is 4.79 Å². The first-order valence-electron chi connectivity index (χ1n) is 3.51. The lowest BCUT2D eigenvalue weighted by Crippen LogP contribution is -2.34. The number of carbonyl (C=O) groups is 2. The maximum Gasteiger partial charge on any atom is 0.407 e. The van der Waals surface area contributed by atoms with Crippen molar-refractivity contribution in [3.63, 3.8) is 0 Å². The topological polar surface area (TPSA) is 64.6 Å². The molecule has 1 N–H and O–H groups in total. The summed E-state index contributed by atoms with van der Waals surface area (Å²) in [5.74, 6) is -0.362. The normalized spacial score (nSPS) is 11.6. The average molecular weight is 175 g/mol. The summed E-state index contributed by atoms with van der Waals surface area (Å²) >= 11 is 0. The molecule has 0 aromatic rings. The summed E-state index contributed by atoms with van der Waals surface area (Å²) in [4.78, 5) is 21.3. The maximum absolute atomic E-state index is 10.7. The smallest absolute Gasteiger partial charge is 0.407 e. The van der Waals surface area contributed by atoms with Gasteiger partial charge in [0.05, 0.1) is 20.6 Å². The Morgan fingerprint density at radius 2 is 1.92 bits per heavy atom. The molecule has 0 aliphatic heterocycles. The van der Waals surface area contributed by atoms with Crippen LogP contribution in [-0.4, -0.2) is 32.3 Å². The number of carbonyl (C=O) groups excluding carboxylic acids is 2. The van der Waals surface area contributed by atoms with E-state index in [0.717, 1.165) is 0 Å². The first kappa shape index (κ1) is 10.7. The number of alkyl carbamates (subject to hydrolysis) is 1. The largest absolute Gasteiger partial charge is 0.469 e. The SMILES string of the molecule is COC(=O)C[C@H](C)NC(=O)OC. The fourth-order valence-corrected chi connectivity index (χ4v) is 0.644. The van der Waals surface area contributed by atoms with Crippen LogP contribution in [0.25, 0.3) is 0 Å². The van der Waals surface area contributed by atoms with Crippen LogP contribution >= 0.6 is 0 Å².